The minimum atomic E-state index is -0.462. The molecule has 0 saturated heterocycles. The zero-order chi connectivity index (χ0) is 16.2. The second-order valence-corrected chi connectivity index (χ2v) is 5.27. The maximum atomic E-state index is 12.5. The molecule has 1 unspecified atom stereocenters. The van der Waals surface area contributed by atoms with Crippen LogP contribution in [0, 0.1) is 0 Å². The van der Waals surface area contributed by atoms with Crippen LogP contribution < -0.4 is 10.1 Å². The SMILES string of the molecule is COC(=O)c1cccc(C(=O)NC2CCOc3ccccc32)c1. The van der Waals surface area contributed by atoms with Crippen LogP contribution in [-0.4, -0.2) is 25.6 Å². The summed E-state index contributed by atoms with van der Waals surface area (Å²) in [4.78, 5) is 24.1. The van der Waals surface area contributed by atoms with E-state index in [-0.39, 0.29) is 11.9 Å². The van der Waals surface area contributed by atoms with Crippen molar-refractivity contribution in [3.05, 3.63) is 65.2 Å². The van der Waals surface area contributed by atoms with E-state index in [1.165, 1.54) is 13.2 Å². The molecule has 118 valence electrons. The Labute approximate surface area is 134 Å². The maximum Gasteiger partial charge on any atom is 0.337 e. The number of rotatable bonds is 3. The molecule has 1 aliphatic rings. The average Bonchev–Trinajstić information content (AvgIpc) is 2.61. The molecular weight excluding hydrogens is 294 g/mol. The standard InChI is InChI=1S/C18H17NO4/c1-22-18(21)13-6-4-5-12(11-13)17(20)19-15-9-10-23-16-8-3-2-7-14(15)16/h2-8,11,15H,9-10H2,1H3,(H,19,20). The van der Waals surface area contributed by atoms with Crippen LogP contribution in [0.1, 0.15) is 38.7 Å². The number of ether oxygens (including phenoxy) is 2. The number of benzene rings is 2. The Morgan fingerprint density at radius 1 is 1.13 bits per heavy atom. The van der Waals surface area contributed by atoms with Crippen LogP contribution in [0.2, 0.25) is 0 Å². The van der Waals surface area contributed by atoms with Crippen molar-refractivity contribution in [2.75, 3.05) is 13.7 Å². The molecule has 1 amide bonds. The topological polar surface area (TPSA) is 64.6 Å². The molecule has 0 bridgehead atoms. The normalized spacial score (nSPS) is 16.0. The van der Waals surface area contributed by atoms with Crippen molar-refractivity contribution in [1.29, 1.82) is 0 Å². The number of nitrogens with one attached hydrogen (secondary N) is 1. The molecule has 0 fully saturated rings. The van der Waals surface area contributed by atoms with E-state index in [0.29, 0.717) is 24.2 Å². The molecule has 0 aromatic heterocycles. The van der Waals surface area contributed by atoms with Crippen molar-refractivity contribution < 1.29 is 19.1 Å². The van der Waals surface area contributed by atoms with Gasteiger partial charge in [-0.05, 0) is 24.3 Å². The molecule has 3 rings (SSSR count). The number of methoxy groups -OCH3 is 1. The van der Waals surface area contributed by atoms with Crippen LogP contribution in [-0.2, 0) is 4.74 Å². The summed E-state index contributed by atoms with van der Waals surface area (Å²) in [6.45, 7) is 0.560. The van der Waals surface area contributed by atoms with Crippen molar-refractivity contribution in [2.24, 2.45) is 0 Å². The molecule has 1 N–H and O–H groups in total. The number of carbonyl (C=O) groups excluding carboxylic acids is 2. The van der Waals surface area contributed by atoms with Gasteiger partial charge < -0.3 is 14.8 Å². The molecule has 0 aliphatic carbocycles. The van der Waals surface area contributed by atoms with Crippen LogP contribution in [0.5, 0.6) is 5.75 Å². The molecule has 1 aliphatic heterocycles. The van der Waals surface area contributed by atoms with Gasteiger partial charge in [0, 0.05) is 17.5 Å². The van der Waals surface area contributed by atoms with Gasteiger partial charge in [-0.15, -0.1) is 0 Å². The minimum absolute atomic E-state index is 0.103. The third-order valence-electron chi connectivity index (χ3n) is 3.81. The van der Waals surface area contributed by atoms with Gasteiger partial charge in [-0.25, -0.2) is 4.79 Å². The number of hydrogen-bond donors (Lipinski definition) is 1. The molecule has 1 atom stereocenters. The largest absolute Gasteiger partial charge is 0.493 e. The van der Waals surface area contributed by atoms with Gasteiger partial charge in [0.2, 0.25) is 0 Å². The number of para-hydroxylation sites is 1. The van der Waals surface area contributed by atoms with E-state index in [9.17, 15) is 9.59 Å². The summed E-state index contributed by atoms with van der Waals surface area (Å²) in [6, 6.07) is 14.1. The summed E-state index contributed by atoms with van der Waals surface area (Å²) in [7, 11) is 1.31. The Kier molecular flexibility index (Phi) is 4.28. The molecule has 1 heterocycles. The van der Waals surface area contributed by atoms with E-state index in [1.54, 1.807) is 18.2 Å². The molecule has 5 heteroatoms. The predicted molar refractivity (Wildman–Crippen MR) is 84.5 cm³/mol. The summed E-state index contributed by atoms with van der Waals surface area (Å²) in [5, 5.41) is 3.00. The third kappa shape index (κ3) is 3.18. The van der Waals surface area contributed by atoms with E-state index in [2.05, 4.69) is 10.1 Å². The van der Waals surface area contributed by atoms with Gasteiger partial charge in [-0.2, -0.15) is 0 Å². The lowest BCUT2D eigenvalue weighted by atomic mass is 10.00. The number of carbonyl (C=O) groups is 2. The highest BCUT2D eigenvalue weighted by molar-refractivity contribution is 5.98. The fourth-order valence-corrected chi connectivity index (χ4v) is 2.64. The minimum Gasteiger partial charge on any atom is -0.493 e. The van der Waals surface area contributed by atoms with E-state index in [4.69, 9.17) is 4.74 Å². The van der Waals surface area contributed by atoms with Crippen LogP contribution >= 0.6 is 0 Å². The monoisotopic (exact) mass is 311 g/mol. The number of hydrogen-bond acceptors (Lipinski definition) is 4. The van der Waals surface area contributed by atoms with Crippen LogP contribution in [0.25, 0.3) is 0 Å². The first kappa shape index (κ1) is 15.1. The highest BCUT2D eigenvalue weighted by Crippen LogP contribution is 2.31. The fraction of sp³-hybridized carbons (Fsp3) is 0.222. The number of amides is 1. The Bertz CT molecular complexity index is 741. The highest BCUT2D eigenvalue weighted by atomic mass is 16.5. The highest BCUT2D eigenvalue weighted by Gasteiger charge is 2.23. The van der Waals surface area contributed by atoms with Crippen molar-refractivity contribution in [1.82, 2.24) is 5.32 Å². The lowest BCUT2D eigenvalue weighted by Crippen LogP contribution is -2.32. The van der Waals surface area contributed by atoms with E-state index >= 15 is 0 Å². The van der Waals surface area contributed by atoms with Gasteiger partial charge in [-0.3, -0.25) is 4.79 Å². The van der Waals surface area contributed by atoms with Gasteiger partial charge in [0.15, 0.2) is 0 Å². The quantitative estimate of drug-likeness (QED) is 0.885. The first-order chi connectivity index (χ1) is 11.2. The number of fused-ring (bicyclic) bond motifs is 1. The van der Waals surface area contributed by atoms with Crippen molar-refractivity contribution in [2.45, 2.75) is 12.5 Å². The summed E-state index contributed by atoms with van der Waals surface area (Å²) < 4.78 is 10.3. The average molecular weight is 311 g/mol. The second-order valence-electron chi connectivity index (χ2n) is 5.27. The summed E-state index contributed by atoms with van der Waals surface area (Å²) in [5.41, 5.74) is 1.75. The van der Waals surface area contributed by atoms with Crippen LogP contribution in [0.15, 0.2) is 48.5 Å². The van der Waals surface area contributed by atoms with Crippen molar-refractivity contribution in [3.63, 3.8) is 0 Å². The second kappa shape index (κ2) is 6.52. The molecule has 23 heavy (non-hydrogen) atoms. The van der Waals surface area contributed by atoms with Crippen LogP contribution in [0.3, 0.4) is 0 Å². The van der Waals surface area contributed by atoms with E-state index < -0.39 is 5.97 Å². The van der Waals surface area contributed by atoms with E-state index in [0.717, 1.165) is 11.3 Å². The Hall–Kier alpha value is -2.82. The molecule has 0 radical (unpaired) electrons. The zero-order valence-electron chi connectivity index (χ0n) is 12.7. The molecule has 0 spiro atoms. The van der Waals surface area contributed by atoms with Crippen LogP contribution in [0.4, 0.5) is 0 Å². The Morgan fingerprint density at radius 3 is 2.74 bits per heavy atom. The summed E-state index contributed by atoms with van der Waals surface area (Å²) in [6.07, 6.45) is 0.708. The molecule has 2 aromatic rings. The number of esters is 1. The smallest absolute Gasteiger partial charge is 0.337 e. The Balaban J connectivity index is 1.79. The molecule has 0 saturated carbocycles. The first-order valence-electron chi connectivity index (χ1n) is 7.40. The Morgan fingerprint density at radius 2 is 1.91 bits per heavy atom. The maximum absolute atomic E-state index is 12.5. The molecular formula is C18H17NO4. The van der Waals surface area contributed by atoms with Crippen molar-refractivity contribution >= 4 is 11.9 Å². The first-order valence-corrected chi connectivity index (χ1v) is 7.40. The zero-order valence-corrected chi connectivity index (χ0v) is 12.7. The van der Waals surface area contributed by atoms with Gasteiger partial charge in [-0.1, -0.05) is 24.3 Å². The van der Waals surface area contributed by atoms with Gasteiger partial charge in [0.25, 0.3) is 5.91 Å². The molecule has 5 nitrogen and oxygen atoms in total. The lowest BCUT2D eigenvalue weighted by Gasteiger charge is -2.26. The van der Waals surface area contributed by atoms with Gasteiger partial charge in [0.1, 0.15) is 5.75 Å². The van der Waals surface area contributed by atoms with Gasteiger partial charge in [0.05, 0.1) is 25.3 Å². The van der Waals surface area contributed by atoms with E-state index in [1.807, 2.05) is 24.3 Å². The third-order valence-corrected chi connectivity index (χ3v) is 3.81. The van der Waals surface area contributed by atoms with Crippen molar-refractivity contribution in [3.8, 4) is 5.75 Å². The fourth-order valence-electron chi connectivity index (χ4n) is 2.64. The predicted octanol–water partition coefficient (Wildman–Crippen LogP) is 2.73. The molecule has 2 aromatic carbocycles. The summed E-state index contributed by atoms with van der Waals surface area (Å²) in [5.74, 6) is 0.112. The summed E-state index contributed by atoms with van der Waals surface area (Å²) >= 11 is 0. The van der Waals surface area contributed by atoms with Gasteiger partial charge >= 0.3 is 5.97 Å². The lowest BCUT2D eigenvalue weighted by molar-refractivity contribution is 0.0600.